The first kappa shape index (κ1) is 14.3. The van der Waals surface area contributed by atoms with E-state index in [0.29, 0.717) is 6.04 Å². The van der Waals surface area contributed by atoms with Gasteiger partial charge in [0.1, 0.15) is 0 Å². The summed E-state index contributed by atoms with van der Waals surface area (Å²) < 4.78 is 0. The first-order valence-corrected chi connectivity index (χ1v) is 7.91. The van der Waals surface area contributed by atoms with Crippen molar-refractivity contribution >= 4 is 0 Å². The smallest absolute Gasteiger partial charge is 0.0195 e. The minimum Gasteiger partial charge on any atom is -0.313 e. The van der Waals surface area contributed by atoms with E-state index in [1.54, 1.807) is 0 Å². The Morgan fingerprint density at radius 3 is 2.78 bits per heavy atom. The van der Waals surface area contributed by atoms with Gasteiger partial charge >= 0.3 is 0 Å². The monoisotopic (exact) mass is 253 g/mol. The van der Waals surface area contributed by atoms with Crippen LogP contribution in [-0.2, 0) is 0 Å². The fraction of sp³-hybridized carbons (Fsp3) is 1.00. The molecular weight excluding hydrogens is 222 g/mol. The van der Waals surface area contributed by atoms with Crippen molar-refractivity contribution < 1.29 is 0 Å². The van der Waals surface area contributed by atoms with E-state index < -0.39 is 0 Å². The van der Waals surface area contributed by atoms with Crippen LogP contribution in [0.4, 0.5) is 0 Å². The zero-order chi connectivity index (χ0) is 12.8. The van der Waals surface area contributed by atoms with Crippen molar-refractivity contribution in [2.45, 2.75) is 57.5 Å². The highest BCUT2D eigenvalue weighted by molar-refractivity contribution is 4.80. The van der Waals surface area contributed by atoms with E-state index in [2.05, 4.69) is 29.1 Å². The van der Waals surface area contributed by atoms with Gasteiger partial charge < -0.3 is 10.2 Å². The Labute approximate surface area is 113 Å². The molecule has 2 fully saturated rings. The third-order valence-electron chi connectivity index (χ3n) is 4.55. The van der Waals surface area contributed by atoms with Crippen molar-refractivity contribution in [1.29, 1.82) is 0 Å². The normalized spacial score (nSPS) is 33.7. The van der Waals surface area contributed by atoms with Gasteiger partial charge in [-0.25, -0.2) is 0 Å². The molecule has 2 aliphatic heterocycles. The highest BCUT2D eigenvalue weighted by atomic mass is 15.2. The average molecular weight is 253 g/mol. The largest absolute Gasteiger partial charge is 0.313 e. The molecule has 2 aliphatic rings. The summed E-state index contributed by atoms with van der Waals surface area (Å²) in [6.45, 7) is 8.65. The highest BCUT2D eigenvalue weighted by Gasteiger charge is 2.22. The van der Waals surface area contributed by atoms with Gasteiger partial charge in [0.25, 0.3) is 0 Å². The lowest BCUT2D eigenvalue weighted by Crippen LogP contribution is -2.47. The maximum atomic E-state index is 3.77. The zero-order valence-corrected chi connectivity index (χ0v) is 12.3. The molecule has 0 bridgehead atoms. The van der Waals surface area contributed by atoms with E-state index in [9.17, 15) is 0 Å². The number of hydrogen-bond acceptors (Lipinski definition) is 3. The molecule has 0 aliphatic carbocycles. The van der Waals surface area contributed by atoms with E-state index in [-0.39, 0.29) is 0 Å². The Hall–Kier alpha value is -0.120. The van der Waals surface area contributed by atoms with Crippen molar-refractivity contribution in [3.8, 4) is 0 Å². The molecule has 2 atom stereocenters. The zero-order valence-electron chi connectivity index (χ0n) is 12.3. The molecular formula is C15H31N3. The predicted octanol–water partition coefficient (Wildman–Crippen LogP) is 1.93. The van der Waals surface area contributed by atoms with E-state index in [4.69, 9.17) is 0 Å². The maximum Gasteiger partial charge on any atom is 0.0195 e. The Balaban J connectivity index is 1.82. The summed E-state index contributed by atoms with van der Waals surface area (Å²) in [5.41, 5.74) is 0. The second-order valence-corrected chi connectivity index (χ2v) is 6.31. The van der Waals surface area contributed by atoms with Crippen LogP contribution in [0.25, 0.3) is 0 Å². The SMILES string of the molecule is CC1CN(C)CCCN1CC1CCCCCCN1. The summed E-state index contributed by atoms with van der Waals surface area (Å²) in [4.78, 5) is 5.19. The van der Waals surface area contributed by atoms with Gasteiger partial charge in [0.15, 0.2) is 0 Å². The quantitative estimate of drug-likeness (QED) is 0.811. The molecule has 0 aromatic carbocycles. The van der Waals surface area contributed by atoms with Crippen LogP contribution in [-0.4, -0.2) is 61.7 Å². The number of hydrogen-bond donors (Lipinski definition) is 1. The molecule has 2 rings (SSSR count). The third-order valence-corrected chi connectivity index (χ3v) is 4.55. The first-order valence-electron chi connectivity index (χ1n) is 7.91. The summed E-state index contributed by atoms with van der Waals surface area (Å²) in [6.07, 6.45) is 8.35. The number of likely N-dealkylation sites (N-methyl/N-ethyl adjacent to an activating group) is 1. The fourth-order valence-corrected chi connectivity index (χ4v) is 3.41. The molecule has 0 aromatic heterocycles. The van der Waals surface area contributed by atoms with Crippen molar-refractivity contribution in [1.82, 2.24) is 15.1 Å². The van der Waals surface area contributed by atoms with Gasteiger partial charge in [0.2, 0.25) is 0 Å². The predicted molar refractivity (Wildman–Crippen MR) is 78.0 cm³/mol. The summed E-state index contributed by atoms with van der Waals surface area (Å²) in [5.74, 6) is 0. The Morgan fingerprint density at radius 1 is 1.06 bits per heavy atom. The van der Waals surface area contributed by atoms with Crippen LogP contribution in [0.1, 0.15) is 45.4 Å². The maximum absolute atomic E-state index is 3.77. The molecule has 1 N–H and O–H groups in total. The Kier molecular flexibility index (Phi) is 5.93. The summed E-state index contributed by atoms with van der Waals surface area (Å²) in [5, 5.41) is 3.77. The first-order chi connectivity index (χ1) is 8.75. The topological polar surface area (TPSA) is 18.5 Å². The molecule has 3 heteroatoms. The van der Waals surface area contributed by atoms with Crippen LogP contribution in [0.3, 0.4) is 0 Å². The van der Waals surface area contributed by atoms with E-state index in [1.165, 1.54) is 71.2 Å². The second kappa shape index (κ2) is 7.46. The highest BCUT2D eigenvalue weighted by Crippen LogP contribution is 2.14. The molecule has 106 valence electrons. The molecule has 2 heterocycles. The van der Waals surface area contributed by atoms with Gasteiger partial charge in [-0.1, -0.05) is 19.3 Å². The van der Waals surface area contributed by atoms with E-state index in [1.807, 2.05) is 0 Å². The second-order valence-electron chi connectivity index (χ2n) is 6.31. The Morgan fingerprint density at radius 2 is 1.89 bits per heavy atom. The Bertz CT molecular complexity index is 224. The molecule has 0 spiro atoms. The summed E-state index contributed by atoms with van der Waals surface area (Å²) >= 11 is 0. The number of nitrogens with one attached hydrogen (secondary N) is 1. The minimum absolute atomic E-state index is 0.713. The van der Waals surface area contributed by atoms with Gasteiger partial charge in [-0.15, -0.1) is 0 Å². The molecule has 0 radical (unpaired) electrons. The summed E-state index contributed by atoms with van der Waals surface area (Å²) in [6, 6.07) is 1.45. The van der Waals surface area contributed by atoms with Crippen molar-refractivity contribution in [3.05, 3.63) is 0 Å². The molecule has 0 aromatic rings. The van der Waals surface area contributed by atoms with Crippen LogP contribution < -0.4 is 5.32 Å². The number of rotatable bonds is 2. The van der Waals surface area contributed by atoms with Crippen molar-refractivity contribution in [2.75, 3.05) is 39.8 Å². The van der Waals surface area contributed by atoms with Crippen LogP contribution in [0, 0.1) is 0 Å². The molecule has 0 amide bonds. The lowest BCUT2D eigenvalue weighted by atomic mass is 10.0. The lowest BCUT2D eigenvalue weighted by molar-refractivity contribution is 0.176. The molecule has 2 saturated heterocycles. The molecule has 0 saturated carbocycles. The van der Waals surface area contributed by atoms with Gasteiger partial charge in [-0.3, -0.25) is 4.90 Å². The summed E-state index contributed by atoms with van der Waals surface area (Å²) in [7, 11) is 2.26. The van der Waals surface area contributed by atoms with Crippen molar-refractivity contribution in [2.24, 2.45) is 0 Å². The van der Waals surface area contributed by atoms with Crippen LogP contribution >= 0.6 is 0 Å². The van der Waals surface area contributed by atoms with Crippen LogP contribution in [0.5, 0.6) is 0 Å². The standard InChI is InChI=1S/C15H31N3/c1-14-12-17(2)10-7-11-18(14)13-15-8-5-3-4-6-9-16-15/h14-16H,3-13H2,1-2H3. The van der Waals surface area contributed by atoms with Gasteiger partial charge in [0, 0.05) is 25.2 Å². The van der Waals surface area contributed by atoms with Crippen LogP contribution in [0.2, 0.25) is 0 Å². The lowest BCUT2D eigenvalue weighted by Gasteiger charge is -2.32. The molecule has 2 unspecified atom stereocenters. The van der Waals surface area contributed by atoms with Crippen molar-refractivity contribution in [3.63, 3.8) is 0 Å². The van der Waals surface area contributed by atoms with Crippen LogP contribution in [0.15, 0.2) is 0 Å². The number of nitrogens with zero attached hydrogens (tertiary/aromatic N) is 2. The molecule has 3 nitrogen and oxygen atoms in total. The van der Waals surface area contributed by atoms with Gasteiger partial charge in [-0.05, 0) is 52.9 Å². The van der Waals surface area contributed by atoms with Gasteiger partial charge in [-0.2, -0.15) is 0 Å². The van der Waals surface area contributed by atoms with E-state index >= 15 is 0 Å². The average Bonchev–Trinajstić information content (AvgIpc) is 2.44. The minimum atomic E-state index is 0.713. The van der Waals surface area contributed by atoms with E-state index in [0.717, 1.165) is 6.04 Å². The molecule has 18 heavy (non-hydrogen) atoms. The van der Waals surface area contributed by atoms with Gasteiger partial charge in [0.05, 0.1) is 0 Å². The third kappa shape index (κ3) is 4.52. The fourth-order valence-electron chi connectivity index (χ4n) is 3.41.